The van der Waals surface area contributed by atoms with E-state index >= 15 is 0 Å². The largest absolute Gasteiger partial charge is 0.494 e. The Balaban J connectivity index is 1.61. The van der Waals surface area contributed by atoms with Gasteiger partial charge in [0, 0.05) is 0 Å². The Labute approximate surface area is 137 Å². The van der Waals surface area contributed by atoms with Gasteiger partial charge in [0.2, 0.25) is 0 Å². The van der Waals surface area contributed by atoms with E-state index in [1.54, 1.807) is 0 Å². The third kappa shape index (κ3) is 3.91. The van der Waals surface area contributed by atoms with Crippen LogP contribution >= 0.6 is 0 Å². The van der Waals surface area contributed by atoms with Gasteiger partial charge in [-0.1, -0.05) is 60.2 Å². The van der Waals surface area contributed by atoms with Crippen LogP contribution in [0.1, 0.15) is 23.5 Å². The standard InChI is InChI=1S/C21H23NO/c1-16-6-8-18(9-7-16)20(15-22)12-13-23-21-11-10-17-4-2-3-5-19(17)14-21/h2-11,14,20H,12-13,15,22H2,1H3. The Bertz CT molecular complexity index is 764. The number of rotatable bonds is 6. The molecule has 0 heterocycles. The van der Waals surface area contributed by atoms with Crippen molar-refractivity contribution in [3.8, 4) is 5.75 Å². The lowest BCUT2D eigenvalue weighted by atomic mass is 9.95. The summed E-state index contributed by atoms with van der Waals surface area (Å²) in [5.74, 6) is 1.26. The predicted molar refractivity (Wildman–Crippen MR) is 97.0 cm³/mol. The first kappa shape index (κ1) is 15.6. The number of ether oxygens (including phenoxy) is 1. The number of hydrogen-bond donors (Lipinski definition) is 1. The molecule has 0 aliphatic heterocycles. The monoisotopic (exact) mass is 305 g/mol. The SMILES string of the molecule is Cc1ccc(C(CN)CCOc2ccc3ccccc3c2)cc1. The van der Waals surface area contributed by atoms with Crippen LogP contribution in [0.4, 0.5) is 0 Å². The van der Waals surface area contributed by atoms with Gasteiger partial charge in [0.1, 0.15) is 5.75 Å². The van der Waals surface area contributed by atoms with Gasteiger partial charge in [0.25, 0.3) is 0 Å². The minimum Gasteiger partial charge on any atom is -0.494 e. The highest BCUT2D eigenvalue weighted by atomic mass is 16.5. The molecule has 0 aromatic heterocycles. The number of aryl methyl sites for hydroxylation is 1. The molecule has 0 saturated heterocycles. The van der Waals surface area contributed by atoms with Gasteiger partial charge < -0.3 is 10.5 Å². The summed E-state index contributed by atoms with van der Waals surface area (Å²) in [7, 11) is 0. The van der Waals surface area contributed by atoms with Crippen molar-refractivity contribution in [2.45, 2.75) is 19.3 Å². The maximum absolute atomic E-state index is 5.94. The summed E-state index contributed by atoms with van der Waals surface area (Å²) in [5.41, 5.74) is 8.51. The van der Waals surface area contributed by atoms with E-state index in [2.05, 4.69) is 61.5 Å². The van der Waals surface area contributed by atoms with Crippen LogP contribution < -0.4 is 10.5 Å². The first-order chi connectivity index (χ1) is 11.3. The molecule has 0 fully saturated rings. The molecule has 3 aromatic carbocycles. The first-order valence-electron chi connectivity index (χ1n) is 8.14. The molecule has 0 saturated carbocycles. The molecular weight excluding hydrogens is 282 g/mol. The van der Waals surface area contributed by atoms with Crippen molar-refractivity contribution in [1.29, 1.82) is 0 Å². The van der Waals surface area contributed by atoms with Crippen molar-refractivity contribution in [1.82, 2.24) is 0 Å². The molecule has 0 aliphatic rings. The van der Waals surface area contributed by atoms with Crippen LogP contribution in [0.2, 0.25) is 0 Å². The summed E-state index contributed by atoms with van der Waals surface area (Å²) in [5, 5.41) is 2.44. The van der Waals surface area contributed by atoms with Gasteiger partial charge >= 0.3 is 0 Å². The van der Waals surface area contributed by atoms with Crippen LogP contribution in [0.25, 0.3) is 10.8 Å². The van der Waals surface area contributed by atoms with Crippen molar-refractivity contribution in [3.05, 3.63) is 77.9 Å². The summed E-state index contributed by atoms with van der Waals surface area (Å²) in [6.07, 6.45) is 0.923. The fourth-order valence-corrected chi connectivity index (χ4v) is 2.84. The smallest absolute Gasteiger partial charge is 0.119 e. The molecule has 118 valence electrons. The Morgan fingerprint density at radius 3 is 2.39 bits per heavy atom. The fourth-order valence-electron chi connectivity index (χ4n) is 2.84. The van der Waals surface area contributed by atoms with E-state index in [1.165, 1.54) is 21.9 Å². The first-order valence-corrected chi connectivity index (χ1v) is 8.14. The van der Waals surface area contributed by atoms with Crippen LogP contribution in [0.15, 0.2) is 66.7 Å². The molecule has 1 atom stereocenters. The fraction of sp³-hybridized carbons (Fsp3) is 0.238. The number of nitrogens with two attached hydrogens (primary N) is 1. The third-order valence-electron chi connectivity index (χ3n) is 4.29. The summed E-state index contributed by atoms with van der Waals surface area (Å²) < 4.78 is 5.94. The zero-order chi connectivity index (χ0) is 16.1. The van der Waals surface area contributed by atoms with Crippen molar-refractivity contribution >= 4 is 10.8 Å². The van der Waals surface area contributed by atoms with Gasteiger partial charge in [-0.2, -0.15) is 0 Å². The maximum Gasteiger partial charge on any atom is 0.119 e. The van der Waals surface area contributed by atoms with Crippen molar-refractivity contribution in [3.63, 3.8) is 0 Å². The summed E-state index contributed by atoms with van der Waals surface area (Å²) in [6, 6.07) is 23.2. The van der Waals surface area contributed by atoms with E-state index in [0.29, 0.717) is 19.1 Å². The number of hydrogen-bond acceptors (Lipinski definition) is 2. The van der Waals surface area contributed by atoms with Gasteiger partial charge in [0.05, 0.1) is 6.61 Å². The van der Waals surface area contributed by atoms with E-state index < -0.39 is 0 Å². The summed E-state index contributed by atoms with van der Waals surface area (Å²) >= 11 is 0. The molecule has 1 unspecified atom stereocenters. The highest BCUT2D eigenvalue weighted by Gasteiger charge is 2.10. The quantitative estimate of drug-likeness (QED) is 0.719. The minimum absolute atomic E-state index is 0.344. The molecule has 3 aromatic rings. The molecule has 3 rings (SSSR count). The Morgan fingerprint density at radius 2 is 1.65 bits per heavy atom. The second-order valence-corrected chi connectivity index (χ2v) is 5.99. The van der Waals surface area contributed by atoms with Crippen molar-refractivity contribution in [2.24, 2.45) is 5.73 Å². The predicted octanol–water partition coefficient (Wildman–Crippen LogP) is 4.66. The normalized spacial score (nSPS) is 12.3. The van der Waals surface area contributed by atoms with Gasteiger partial charge in [-0.05, 0) is 54.3 Å². The van der Waals surface area contributed by atoms with Gasteiger partial charge in [-0.3, -0.25) is 0 Å². The molecule has 0 bridgehead atoms. The molecule has 2 N–H and O–H groups in total. The molecular formula is C21H23NO. The summed E-state index contributed by atoms with van der Waals surface area (Å²) in [6.45, 7) is 3.42. The van der Waals surface area contributed by atoms with E-state index in [0.717, 1.165) is 12.2 Å². The molecule has 2 nitrogen and oxygen atoms in total. The van der Waals surface area contributed by atoms with Crippen LogP contribution in [0.5, 0.6) is 5.75 Å². The average molecular weight is 305 g/mol. The number of benzene rings is 3. The van der Waals surface area contributed by atoms with E-state index in [4.69, 9.17) is 10.5 Å². The molecule has 0 amide bonds. The second-order valence-electron chi connectivity index (χ2n) is 5.99. The van der Waals surface area contributed by atoms with Gasteiger partial charge in [-0.25, -0.2) is 0 Å². The summed E-state index contributed by atoms with van der Waals surface area (Å²) in [4.78, 5) is 0. The van der Waals surface area contributed by atoms with Crippen LogP contribution in [0, 0.1) is 6.92 Å². The topological polar surface area (TPSA) is 35.2 Å². The van der Waals surface area contributed by atoms with Crippen LogP contribution in [-0.2, 0) is 0 Å². The van der Waals surface area contributed by atoms with E-state index in [9.17, 15) is 0 Å². The van der Waals surface area contributed by atoms with Crippen LogP contribution in [0.3, 0.4) is 0 Å². The van der Waals surface area contributed by atoms with Gasteiger partial charge in [-0.15, -0.1) is 0 Å². The van der Waals surface area contributed by atoms with Gasteiger partial charge in [0.15, 0.2) is 0 Å². The molecule has 2 heteroatoms. The van der Waals surface area contributed by atoms with E-state index in [-0.39, 0.29) is 0 Å². The number of fused-ring (bicyclic) bond motifs is 1. The lowest BCUT2D eigenvalue weighted by Gasteiger charge is -2.16. The maximum atomic E-state index is 5.94. The van der Waals surface area contributed by atoms with Crippen LogP contribution in [-0.4, -0.2) is 13.2 Å². The molecule has 0 aliphatic carbocycles. The average Bonchev–Trinajstić information content (AvgIpc) is 2.60. The lowest BCUT2D eigenvalue weighted by molar-refractivity contribution is 0.298. The molecule has 23 heavy (non-hydrogen) atoms. The zero-order valence-corrected chi connectivity index (χ0v) is 13.5. The minimum atomic E-state index is 0.344. The Hall–Kier alpha value is -2.32. The highest BCUT2D eigenvalue weighted by molar-refractivity contribution is 5.83. The Morgan fingerprint density at radius 1 is 0.913 bits per heavy atom. The highest BCUT2D eigenvalue weighted by Crippen LogP contribution is 2.23. The molecule has 0 spiro atoms. The zero-order valence-electron chi connectivity index (χ0n) is 13.5. The molecule has 0 radical (unpaired) electrons. The third-order valence-corrected chi connectivity index (χ3v) is 4.29. The lowest BCUT2D eigenvalue weighted by Crippen LogP contribution is -2.15. The van der Waals surface area contributed by atoms with Crippen molar-refractivity contribution in [2.75, 3.05) is 13.2 Å². The van der Waals surface area contributed by atoms with Crippen molar-refractivity contribution < 1.29 is 4.74 Å². The Kier molecular flexibility index (Phi) is 4.94. The second kappa shape index (κ2) is 7.30. The van der Waals surface area contributed by atoms with E-state index in [1.807, 2.05) is 12.1 Å².